The van der Waals surface area contributed by atoms with E-state index in [-0.39, 0.29) is 29.8 Å². The molecule has 1 amide bonds. The van der Waals surface area contributed by atoms with Crippen LogP contribution in [0.1, 0.15) is 29.5 Å². The van der Waals surface area contributed by atoms with Crippen molar-refractivity contribution >= 4 is 32.4 Å². The summed E-state index contributed by atoms with van der Waals surface area (Å²) in [6.07, 6.45) is 0.882. The summed E-state index contributed by atoms with van der Waals surface area (Å²) in [6, 6.07) is 14.0. The van der Waals surface area contributed by atoms with Crippen molar-refractivity contribution in [1.82, 2.24) is 9.29 Å². The highest BCUT2D eigenvalue weighted by atomic mass is 32.2. The molecule has 2 aromatic carbocycles. The Balaban J connectivity index is 1.37. The summed E-state index contributed by atoms with van der Waals surface area (Å²) >= 11 is 1.38. The molecular formula is C24H24N4O3S2. The fraction of sp³-hybridized carbons (Fsp3) is 0.292. The monoisotopic (exact) mass is 480 g/mol. The van der Waals surface area contributed by atoms with Crippen molar-refractivity contribution in [2.45, 2.75) is 31.6 Å². The van der Waals surface area contributed by atoms with Crippen molar-refractivity contribution in [2.24, 2.45) is 5.92 Å². The van der Waals surface area contributed by atoms with Crippen LogP contribution in [0, 0.1) is 31.1 Å². The van der Waals surface area contributed by atoms with Crippen LogP contribution in [0.15, 0.2) is 52.7 Å². The minimum atomic E-state index is -3.65. The number of sulfonamides is 1. The van der Waals surface area contributed by atoms with Gasteiger partial charge in [0.25, 0.3) is 0 Å². The molecule has 0 saturated carbocycles. The van der Waals surface area contributed by atoms with E-state index in [4.69, 9.17) is 5.26 Å². The molecule has 0 spiro atoms. The van der Waals surface area contributed by atoms with E-state index in [1.807, 2.05) is 37.4 Å². The standard InChI is InChI=1S/C24H24N4O3S2/c1-16-3-8-21(17(2)13-16)22-15-32-24(26-22)27-23(29)19-9-11-28(12-10-19)33(30,31)20-6-4-18(14-25)5-7-20/h3-8,13,15,19H,9-12H2,1-2H3,(H,26,27,29). The summed E-state index contributed by atoms with van der Waals surface area (Å²) < 4.78 is 27.2. The van der Waals surface area contributed by atoms with Crippen molar-refractivity contribution in [1.29, 1.82) is 5.26 Å². The minimum absolute atomic E-state index is 0.132. The molecule has 1 aliphatic rings. The summed E-state index contributed by atoms with van der Waals surface area (Å²) in [7, 11) is -3.65. The Kier molecular flexibility index (Phi) is 6.61. The Morgan fingerprint density at radius 1 is 1.15 bits per heavy atom. The molecule has 0 bridgehead atoms. The van der Waals surface area contributed by atoms with E-state index in [9.17, 15) is 13.2 Å². The Labute approximate surface area is 197 Å². The molecule has 170 valence electrons. The van der Waals surface area contributed by atoms with Gasteiger partial charge in [-0.1, -0.05) is 23.8 Å². The molecule has 1 N–H and O–H groups in total. The molecule has 0 unspecified atom stereocenters. The first-order valence-corrected chi connectivity index (χ1v) is 12.9. The molecule has 7 nitrogen and oxygen atoms in total. The highest BCUT2D eigenvalue weighted by Gasteiger charge is 2.32. The number of carbonyl (C=O) groups is 1. The van der Waals surface area contributed by atoms with Crippen LogP contribution in [-0.4, -0.2) is 36.7 Å². The SMILES string of the molecule is Cc1ccc(-c2csc(NC(=O)C3CCN(S(=O)(=O)c4ccc(C#N)cc4)CC3)n2)c(C)c1. The first-order valence-electron chi connectivity index (χ1n) is 10.6. The van der Waals surface area contributed by atoms with Crippen LogP contribution in [-0.2, 0) is 14.8 Å². The maximum atomic E-state index is 12.9. The van der Waals surface area contributed by atoms with Gasteiger partial charge in [-0.3, -0.25) is 4.79 Å². The molecule has 1 aliphatic heterocycles. The molecule has 0 aliphatic carbocycles. The molecule has 9 heteroatoms. The lowest BCUT2D eigenvalue weighted by atomic mass is 9.97. The number of nitriles is 1. The number of aryl methyl sites for hydroxylation is 2. The number of hydrogen-bond acceptors (Lipinski definition) is 6. The van der Waals surface area contributed by atoms with Crippen LogP contribution >= 0.6 is 11.3 Å². The van der Waals surface area contributed by atoms with Crippen LogP contribution < -0.4 is 5.32 Å². The second kappa shape index (κ2) is 9.43. The number of amides is 1. The minimum Gasteiger partial charge on any atom is -0.302 e. The van der Waals surface area contributed by atoms with Gasteiger partial charge in [0.05, 0.1) is 22.2 Å². The average Bonchev–Trinajstić information content (AvgIpc) is 3.27. The summed E-state index contributed by atoms with van der Waals surface area (Å²) in [5.74, 6) is -0.405. The molecule has 0 atom stereocenters. The number of piperidine rings is 1. The number of nitrogens with one attached hydrogen (secondary N) is 1. The van der Waals surface area contributed by atoms with Gasteiger partial charge in [0.1, 0.15) is 0 Å². The van der Waals surface area contributed by atoms with Crippen LogP contribution in [0.5, 0.6) is 0 Å². The lowest BCUT2D eigenvalue weighted by Gasteiger charge is -2.30. The highest BCUT2D eigenvalue weighted by Crippen LogP contribution is 2.29. The summed E-state index contributed by atoms with van der Waals surface area (Å²) in [5, 5.41) is 14.3. The number of rotatable bonds is 5. The van der Waals surface area contributed by atoms with Crippen LogP contribution in [0.4, 0.5) is 5.13 Å². The molecule has 1 saturated heterocycles. The third kappa shape index (κ3) is 4.98. The Bertz CT molecular complexity index is 1320. The molecule has 1 fully saturated rings. The van der Waals surface area contributed by atoms with Crippen molar-refractivity contribution in [3.63, 3.8) is 0 Å². The number of hydrogen-bond donors (Lipinski definition) is 1. The van der Waals surface area contributed by atoms with Gasteiger partial charge in [0.15, 0.2) is 5.13 Å². The fourth-order valence-corrected chi connectivity index (χ4v) is 6.16. The van der Waals surface area contributed by atoms with E-state index < -0.39 is 10.0 Å². The van der Waals surface area contributed by atoms with Gasteiger partial charge in [-0.15, -0.1) is 11.3 Å². The zero-order valence-corrected chi connectivity index (χ0v) is 20.0. The zero-order chi connectivity index (χ0) is 23.6. The van der Waals surface area contributed by atoms with Crippen LogP contribution in [0.25, 0.3) is 11.3 Å². The molecule has 1 aromatic heterocycles. The smallest absolute Gasteiger partial charge is 0.243 e. The average molecular weight is 481 g/mol. The lowest BCUT2D eigenvalue weighted by Crippen LogP contribution is -2.41. The van der Waals surface area contributed by atoms with E-state index in [2.05, 4.69) is 16.4 Å². The van der Waals surface area contributed by atoms with Crippen LogP contribution in [0.2, 0.25) is 0 Å². The van der Waals surface area contributed by atoms with E-state index >= 15 is 0 Å². The van der Waals surface area contributed by atoms with Gasteiger partial charge < -0.3 is 5.32 Å². The predicted octanol–water partition coefficient (Wildman–Crippen LogP) is 4.34. The maximum absolute atomic E-state index is 12.9. The normalized spacial score (nSPS) is 15.2. The highest BCUT2D eigenvalue weighted by molar-refractivity contribution is 7.89. The largest absolute Gasteiger partial charge is 0.302 e. The third-order valence-corrected chi connectivity index (χ3v) is 8.51. The van der Waals surface area contributed by atoms with E-state index in [1.54, 1.807) is 0 Å². The van der Waals surface area contributed by atoms with Crippen molar-refractivity contribution in [2.75, 3.05) is 18.4 Å². The quantitative estimate of drug-likeness (QED) is 0.585. The van der Waals surface area contributed by atoms with E-state index in [1.165, 1.54) is 45.5 Å². The van der Waals surface area contributed by atoms with E-state index in [0.717, 1.165) is 16.8 Å². The lowest BCUT2D eigenvalue weighted by molar-refractivity contribution is -0.120. The molecule has 3 aromatic rings. The second-order valence-corrected chi connectivity index (χ2v) is 11.0. The number of carbonyl (C=O) groups excluding carboxylic acids is 1. The van der Waals surface area contributed by atoms with Gasteiger partial charge in [0.2, 0.25) is 15.9 Å². The maximum Gasteiger partial charge on any atom is 0.243 e. The van der Waals surface area contributed by atoms with Crippen molar-refractivity contribution < 1.29 is 13.2 Å². The number of anilines is 1. The Morgan fingerprint density at radius 2 is 1.85 bits per heavy atom. The van der Waals surface area contributed by atoms with Gasteiger partial charge in [-0.25, -0.2) is 13.4 Å². The molecular weight excluding hydrogens is 456 g/mol. The summed E-state index contributed by atoms with van der Waals surface area (Å²) in [6.45, 7) is 4.63. The third-order valence-electron chi connectivity index (χ3n) is 5.84. The Hall–Kier alpha value is -3.06. The van der Waals surface area contributed by atoms with Gasteiger partial charge in [0, 0.05) is 30.0 Å². The number of nitrogens with zero attached hydrogens (tertiary/aromatic N) is 3. The molecule has 0 radical (unpaired) electrons. The van der Waals surface area contributed by atoms with Gasteiger partial charge in [-0.2, -0.15) is 9.57 Å². The van der Waals surface area contributed by atoms with Crippen molar-refractivity contribution in [3.8, 4) is 17.3 Å². The molecule has 2 heterocycles. The fourth-order valence-electron chi connectivity index (χ4n) is 3.97. The van der Waals surface area contributed by atoms with Crippen molar-refractivity contribution in [3.05, 3.63) is 64.5 Å². The van der Waals surface area contributed by atoms with Gasteiger partial charge in [-0.05, 0) is 56.5 Å². The summed E-state index contributed by atoms with van der Waals surface area (Å²) in [4.78, 5) is 17.5. The van der Waals surface area contributed by atoms with E-state index in [0.29, 0.717) is 23.5 Å². The number of thiazole rings is 1. The zero-order valence-electron chi connectivity index (χ0n) is 18.4. The second-order valence-electron chi connectivity index (χ2n) is 8.16. The van der Waals surface area contributed by atoms with Crippen LogP contribution in [0.3, 0.4) is 0 Å². The summed E-state index contributed by atoms with van der Waals surface area (Å²) in [5.41, 5.74) is 4.60. The Morgan fingerprint density at radius 3 is 2.48 bits per heavy atom. The molecule has 33 heavy (non-hydrogen) atoms. The first-order chi connectivity index (χ1) is 15.8. The predicted molar refractivity (Wildman–Crippen MR) is 128 cm³/mol. The topological polar surface area (TPSA) is 103 Å². The number of benzene rings is 2. The van der Waals surface area contributed by atoms with Gasteiger partial charge >= 0.3 is 0 Å². The number of aromatic nitrogens is 1. The molecule has 4 rings (SSSR count). The first kappa shape index (κ1) is 23.1.